The number of para-hydroxylation sites is 1. The predicted molar refractivity (Wildman–Crippen MR) is 100 cm³/mol. The van der Waals surface area contributed by atoms with Crippen LogP contribution in [-0.2, 0) is 11.2 Å². The van der Waals surface area contributed by atoms with Gasteiger partial charge >= 0.3 is 0 Å². The highest BCUT2D eigenvalue weighted by atomic mass is 16.5. The van der Waals surface area contributed by atoms with Gasteiger partial charge in [0.2, 0.25) is 5.91 Å². The Morgan fingerprint density at radius 1 is 1.08 bits per heavy atom. The molecular formula is C20H21N3O3. The Morgan fingerprint density at radius 2 is 1.85 bits per heavy atom. The number of aromatic nitrogens is 2. The number of nitrogens with one attached hydrogen (secondary N) is 1. The van der Waals surface area contributed by atoms with Gasteiger partial charge in [-0.05, 0) is 36.2 Å². The Balaban J connectivity index is 1.57. The number of hydrogen-bond acceptors (Lipinski definition) is 4. The maximum atomic E-state index is 12.2. The van der Waals surface area contributed by atoms with Gasteiger partial charge in [-0.2, -0.15) is 5.10 Å². The van der Waals surface area contributed by atoms with E-state index >= 15 is 0 Å². The minimum Gasteiger partial charge on any atom is -0.493 e. The number of aryl methyl sites for hydroxylation is 1. The zero-order valence-electron chi connectivity index (χ0n) is 14.8. The summed E-state index contributed by atoms with van der Waals surface area (Å²) in [5.74, 6) is 1.14. The van der Waals surface area contributed by atoms with Crippen molar-refractivity contribution < 1.29 is 14.3 Å². The third kappa shape index (κ3) is 4.22. The van der Waals surface area contributed by atoms with Crippen LogP contribution in [0.3, 0.4) is 0 Å². The van der Waals surface area contributed by atoms with Crippen LogP contribution in [0.5, 0.6) is 11.5 Å². The molecule has 0 aliphatic carbocycles. The van der Waals surface area contributed by atoms with Gasteiger partial charge in [-0.15, -0.1) is 0 Å². The molecule has 1 heterocycles. The van der Waals surface area contributed by atoms with E-state index in [0.29, 0.717) is 30.0 Å². The van der Waals surface area contributed by atoms with E-state index in [9.17, 15) is 4.79 Å². The van der Waals surface area contributed by atoms with Crippen molar-refractivity contribution in [2.75, 3.05) is 19.5 Å². The van der Waals surface area contributed by atoms with Crippen LogP contribution in [0.25, 0.3) is 5.69 Å². The Labute approximate surface area is 152 Å². The molecule has 0 saturated heterocycles. The first-order chi connectivity index (χ1) is 12.7. The summed E-state index contributed by atoms with van der Waals surface area (Å²) in [7, 11) is 3.14. The molecule has 1 aromatic heterocycles. The summed E-state index contributed by atoms with van der Waals surface area (Å²) in [6.07, 6.45) is 4.72. The van der Waals surface area contributed by atoms with Gasteiger partial charge in [0, 0.05) is 24.4 Å². The zero-order valence-corrected chi connectivity index (χ0v) is 14.8. The molecule has 26 heavy (non-hydrogen) atoms. The molecule has 134 valence electrons. The van der Waals surface area contributed by atoms with Crippen LogP contribution in [0.15, 0.2) is 60.9 Å². The lowest BCUT2D eigenvalue weighted by Gasteiger charge is -2.10. The standard InChI is InChI=1S/C20H21N3O3/c1-25-18-10-9-16(12-19(18)26-2)22-20(24)11-8-15-13-21-23(14-15)17-6-4-3-5-7-17/h3-7,9-10,12-14H,8,11H2,1-2H3,(H,22,24). The number of amides is 1. The van der Waals surface area contributed by atoms with E-state index in [1.807, 2.05) is 41.2 Å². The van der Waals surface area contributed by atoms with E-state index in [2.05, 4.69) is 10.4 Å². The Morgan fingerprint density at radius 3 is 2.58 bits per heavy atom. The van der Waals surface area contributed by atoms with Gasteiger partial charge in [0.15, 0.2) is 11.5 Å². The highest BCUT2D eigenvalue weighted by Crippen LogP contribution is 2.29. The second-order valence-corrected chi connectivity index (χ2v) is 5.75. The average molecular weight is 351 g/mol. The summed E-state index contributed by atoms with van der Waals surface area (Å²) in [6, 6.07) is 15.2. The monoisotopic (exact) mass is 351 g/mol. The van der Waals surface area contributed by atoms with Crippen LogP contribution in [0.4, 0.5) is 5.69 Å². The Hall–Kier alpha value is -3.28. The molecule has 6 nitrogen and oxygen atoms in total. The van der Waals surface area contributed by atoms with Gasteiger partial charge in [0.05, 0.1) is 26.1 Å². The first kappa shape index (κ1) is 17.5. The minimum absolute atomic E-state index is 0.0651. The quantitative estimate of drug-likeness (QED) is 0.708. The summed E-state index contributed by atoms with van der Waals surface area (Å²) in [5.41, 5.74) is 2.68. The molecule has 1 amide bonds. The number of rotatable bonds is 7. The zero-order chi connectivity index (χ0) is 18.4. The van der Waals surface area contributed by atoms with E-state index in [4.69, 9.17) is 9.47 Å². The van der Waals surface area contributed by atoms with Crippen LogP contribution in [0.2, 0.25) is 0 Å². The summed E-state index contributed by atoms with van der Waals surface area (Å²) in [6.45, 7) is 0. The number of carbonyl (C=O) groups is 1. The lowest BCUT2D eigenvalue weighted by atomic mass is 10.2. The largest absolute Gasteiger partial charge is 0.493 e. The first-order valence-electron chi connectivity index (χ1n) is 8.30. The lowest BCUT2D eigenvalue weighted by molar-refractivity contribution is -0.116. The van der Waals surface area contributed by atoms with Crippen LogP contribution < -0.4 is 14.8 Å². The molecule has 0 aliphatic heterocycles. The molecule has 0 saturated carbocycles. The SMILES string of the molecule is COc1ccc(NC(=O)CCc2cnn(-c3ccccc3)c2)cc1OC. The molecule has 0 fully saturated rings. The van der Waals surface area contributed by atoms with E-state index in [-0.39, 0.29) is 5.91 Å². The molecule has 3 aromatic rings. The normalized spacial score (nSPS) is 10.4. The van der Waals surface area contributed by atoms with E-state index in [0.717, 1.165) is 11.3 Å². The molecule has 0 unspecified atom stereocenters. The van der Waals surface area contributed by atoms with Crippen LogP contribution in [0, 0.1) is 0 Å². The Kier molecular flexibility index (Phi) is 5.53. The molecule has 0 atom stereocenters. The van der Waals surface area contributed by atoms with Gasteiger partial charge in [-0.25, -0.2) is 4.68 Å². The number of methoxy groups -OCH3 is 2. The van der Waals surface area contributed by atoms with Gasteiger partial charge in [0.1, 0.15) is 0 Å². The minimum atomic E-state index is -0.0651. The van der Waals surface area contributed by atoms with Crippen molar-refractivity contribution in [2.24, 2.45) is 0 Å². The number of benzene rings is 2. The maximum Gasteiger partial charge on any atom is 0.224 e. The van der Waals surface area contributed by atoms with Crippen molar-refractivity contribution in [3.63, 3.8) is 0 Å². The van der Waals surface area contributed by atoms with Gasteiger partial charge in [-0.3, -0.25) is 4.79 Å². The van der Waals surface area contributed by atoms with Crippen LogP contribution in [-0.4, -0.2) is 29.9 Å². The van der Waals surface area contributed by atoms with Crippen LogP contribution >= 0.6 is 0 Å². The molecule has 6 heteroatoms. The molecule has 1 N–H and O–H groups in total. The van der Waals surface area contributed by atoms with Crippen molar-refractivity contribution >= 4 is 11.6 Å². The molecule has 0 radical (unpaired) electrons. The number of ether oxygens (including phenoxy) is 2. The molecule has 0 bridgehead atoms. The first-order valence-corrected chi connectivity index (χ1v) is 8.30. The third-order valence-corrected chi connectivity index (χ3v) is 3.96. The van der Waals surface area contributed by atoms with Gasteiger partial charge in [0.25, 0.3) is 0 Å². The maximum absolute atomic E-state index is 12.2. The van der Waals surface area contributed by atoms with Crippen molar-refractivity contribution in [3.8, 4) is 17.2 Å². The second-order valence-electron chi connectivity index (χ2n) is 5.75. The molecular weight excluding hydrogens is 330 g/mol. The molecule has 2 aromatic carbocycles. The second kappa shape index (κ2) is 8.20. The van der Waals surface area contributed by atoms with Gasteiger partial charge < -0.3 is 14.8 Å². The number of hydrogen-bond donors (Lipinski definition) is 1. The summed E-state index contributed by atoms with van der Waals surface area (Å²) >= 11 is 0. The number of anilines is 1. The summed E-state index contributed by atoms with van der Waals surface area (Å²) in [5, 5.41) is 7.22. The fourth-order valence-electron chi connectivity index (χ4n) is 2.61. The highest BCUT2D eigenvalue weighted by Gasteiger charge is 2.09. The van der Waals surface area contributed by atoms with Crippen molar-refractivity contribution in [1.29, 1.82) is 0 Å². The van der Waals surface area contributed by atoms with Crippen molar-refractivity contribution in [3.05, 3.63) is 66.5 Å². The smallest absolute Gasteiger partial charge is 0.224 e. The number of nitrogens with zero attached hydrogens (tertiary/aromatic N) is 2. The fraction of sp³-hybridized carbons (Fsp3) is 0.200. The molecule has 0 aliphatic rings. The van der Waals surface area contributed by atoms with E-state index in [1.54, 1.807) is 38.6 Å². The molecule has 3 rings (SSSR count). The average Bonchev–Trinajstić information content (AvgIpc) is 3.16. The fourth-order valence-corrected chi connectivity index (χ4v) is 2.61. The lowest BCUT2D eigenvalue weighted by Crippen LogP contribution is -2.12. The van der Waals surface area contributed by atoms with Crippen molar-refractivity contribution in [2.45, 2.75) is 12.8 Å². The predicted octanol–water partition coefficient (Wildman–Crippen LogP) is 3.46. The van der Waals surface area contributed by atoms with Crippen LogP contribution in [0.1, 0.15) is 12.0 Å². The third-order valence-electron chi connectivity index (χ3n) is 3.96. The summed E-state index contributed by atoms with van der Waals surface area (Å²) < 4.78 is 12.2. The highest BCUT2D eigenvalue weighted by molar-refractivity contribution is 5.91. The Bertz CT molecular complexity index is 875. The topological polar surface area (TPSA) is 65.4 Å². The number of carbonyl (C=O) groups excluding carboxylic acids is 1. The van der Waals surface area contributed by atoms with E-state index in [1.165, 1.54) is 0 Å². The van der Waals surface area contributed by atoms with E-state index < -0.39 is 0 Å². The molecule has 0 spiro atoms. The summed E-state index contributed by atoms with van der Waals surface area (Å²) in [4.78, 5) is 12.2. The van der Waals surface area contributed by atoms with Crippen molar-refractivity contribution in [1.82, 2.24) is 9.78 Å². The van der Waals surface area contributed by atoms with Gasteiger partial charge in [-0.1, -0.05) is 18.2 Å².